The number of nitrogens with two attached hydrogens (primary N) is 1. The summed E-state index contributed by atoms with van der Waals surface area (Å²) < 4.78 is 0. The van der Waals surface area contributed by atoms with Gasteiger partial charge in [0, 0.05) is 23.3 Å². The number of hydrogen-bond donors (Lipinski definition) is 2. The van der Waals surface area contributed by atoms with Gasteiger partial charge in [0.05, 0.1) is 0 Å². The predicted octanol–water partition coefficient (Wildman–Crippen LogP) is 1.65. The summed E-state index contributed by atoms with van der Waals surface area (Å²) in [4.78, 5) is 8.75. The van der Waals surface area contributed by atoms with Crippen LogP contribution >= 0.6 is 0 Å². The van der Waals surface area contributed by atoms with Crippen molar-refractivity contribution in [2.45, 2.75) is 50.5 Å². The first-order valence-electron chi connectivity index (χ1n) is 6.62. The SMILES string of the molecule is NC1(CNc2ncnc3c2CCCC3)CCC1. The van der Waals surface area contributed by atoms with E-state index in [1.54, 1.807) is 6.33 Å². The molecule has 17 heavy (non-hydrogen) atoms. The van der Waals surface area contributed by atoms with Gasteiger partial charge in [0.2, 0.25) is 0 Å². The van der Waals surface area contributed by atoms with Crippen molar-refractivity contribution in [3.63, 3.8) is 0 Å². The van der Waals surface area contributed by atoms with Gasteiger partial charge in [0.1, 0.15) is 12.1 Å². The van der Waals surface area contributed by atoms with Crippen molar-refractivity contribution in [3.8, 4) is 0 Å². The van der Waals surface area contributed by atoms with Crippen LogP contribution in [0.3, 0.4) is 0 Å². The van der Waals surface area contributed by atoms with Crippen molar-refractivity contribution in [2.75, 3.05) is 11.9 Å². The first-order valence-corrected chi connectivity index (χ1v) is 6.62. The molecule has 2 aliphatic carbocycles. The molecule has 1 fully saturated rings. The Bertz CT molecular complexity index is 412. The molecule has 1 aromatic heterocycles. The fraction of sp³-hybridized carbons (Fsp3) is 0.692. The molecule has 0 amide bonds. The molecule has 0 radical (unpaired) electrons. The number of anilines is 1. The Morgan fingerprint density at radius 1 is 1.18 bits per heavy atom. The maximum atomic E-state index is 6.22. The minimum atomic E-state index is 0.00645. The van der Waals surface area contributed by atoms with Crippen molar-refractivity contribution in [1.82, 2.24) is 9.97 Å². The number of hydrogen-bond acceptors (Lipinski definition) is 4. The summed E-state index contributed by atoms with van der Waals surface area (Å²) in [6.45, 7) is 0.844. The van der Waals surface area contributed by atoms with Gasteiger partial charge in [-0.05, 0) is 44.9 Å². The molecule has 3 rings (SSSR count). The van der Waals surface area contributed by atoms with E-state index in [4.69, 9.17) is 5.73 Å². The molecule has 92 valence electrons. The van der Waals surface area contributed by atoms with E-state index in [1.807, 2.05) is 0 Å². The third-order valence-electron chi connectivity index (χ3n) is 4.08. The average Bonchev–Trinajstić information content (AvgIpc) is 2.34. The average molecular weight is 232 g/mol. The molecule has 0 atom stereocenters. The van der Waals surface area contributed by atoms with Crippen molar-refractivity contribution in [1.29, 1.82) is 0 Å². The van der Waals surface area contributed by atoms with Crippen LogP contribution in [0.1, 0.15) is 43.4 Å². The van der Waals surface area contributed by atoms with E-state index in [0.29, 0.717) is 0 Å². The molecule has 0 aliphatic heterocycles. The Balaban J connectivity index is 1.74. The molecule has 0 spiro atoms. The molecule has 4 heteroatoms. The van der Waals surface area contributed by atoms with Gasteiger partial charge in [-0.2, -0.15) is 0 Å². The van der Waals surface area contributed by atoms with Gasteiger partial charge in [-0.1, -0.05) is 0 Å². The van der Waals surface area contributed by atoms with Crippen LogP contribution in [-0.4, -0.2) is 22.1 Å². The highest BCUT2D eigenvalue weighted by Gasteiger charge is 2.32. The number of rotatable bonds is 3. The maximum Gasteiger partial charge on any atom is 0.132 e. The highest BCUT2D eigenvalue weighted by atomic mass is 15.0. The smallest absolute Gasteiger partial charge is 0.132 e. The summed E-state index contributed by atoms with van der Waals surface area (Å²) in [5.74, 6) is 1.02. The first kappa shape index (κ1) is 11.0. The molecular weight excluding hydrogens is 212 g/mol. The summed E-state index contributed by atoms with van der Waals surface area (Å²) >= 11 is 0. The van der Waals surface area contributed by atoms with Crippen LogP contribution in [0.15, 0.2) is 6.33 Å². The summed E-state index contributed by atoms with van der Waals surface area (Å²) in [5, 5.41) is 3.44. The lowest BCUT2D eigenvalue weighted by Crippen LogP contribution is -2.52. The third-order valence-corrected chi connectivity index (χ3v) is 4.08. The lowest BCUT2D eigenvalue weighted by atomic mass is 9.78. The van der Waals surface area contributed by atoms with Gasteiger partial charge in [-0.25, -0.2) is 9.97 Å². The Morgan fingerprint density at radius 3 is 2.76 bits per heavy atom. The normalized spacial score (nSPS) is 21.5. The molecular formula is C13H20N4. The standard InChI is InChI=1S/C13H20N4/c14-13(6-3-7-13)8-15-12-10-4-1-2-5-11(10)16-9-17-12/h9H,1-8,14H2,(H,15,16,17). The van der Waals surface area contributed by atoms with Gasteiger partial charge in [-0.15, -0.1) is 0 Å². The fourth-order valence-electron chi connectivity index (χ4n) is 2.74. The van der Waals surface area contributed by atoms with Gasteiger partial charge in [0.25, 0.3) is 0 Å². The first-order chi connectivity index (χ1) is 8.27. The maximum absolute atomic E-state index is 6.22. The molecule has 1 heterocycles. The second-order valence-corrected chi connectivity index (χ2v) is 5.42. The largest absolute Gasteiger partial charge is 0.368 e. The zero-order chi connectivity index (χ0) is 11.7. The fourth-order valence-corrected chi connectivity index (χ4v) is 2.74. The minimum Gasteiger partial charge on any atom is -0.368 e. The van der Waals surface area contributed by atoms with Gasteiger partial charge in [-0.3, -0.25) is 0 Å². The quantitative estimate of drug-likeness (QED) is 0.831. The van der Waals surface area contributed by atoms with Crippen LogP contribution in [0, 0.1) is 0 Å². The summed E-state index contributed by atoms with van der Waals surface area (Å²) in [5.41, 5.74) is 8.78. The third kappa shape index (κ3) is 2.14. The molecule has 3 N–H and O–H groups in total. The number of fused-ring (bicyclic) bond motifs is 1. The van der Waals surface area contributed by atoms with E-state index in [2.05, 4.69) is 15.3 Å². The van der Waals surface area contributed by atoms with E-state index in [9.17, 15) is 0 Å². The van der Waals surface area contributed by atoms with E-state index < -0.39 is 0 Å². The minimum absolute atomic E-state index is 0.00645. The monoisotopic (exact) mass is 232 g/mol. The zero-order valence-electron chi connectivity index (χ0n) is 10.2. The van der Waals surface area contributed by atoms with E-state index >= 15 is 0 Å². The zero-order valence-corrected chi connectivity index (χ0v) is 10.2. The van der Waals surface area contributed by atoms with Crippen LogP contribution < -0.4 is 11.1 Å². The van der Waals surface area contributed by atoms with E-state index in [-0.39, 0.29) is 5.54 Å². The molecule has 1 saturated carbocycles. The van der Waals surface area contributed by atoms with Gasteiger partial charge < -0.3 is 11.1 Å². The van der Waals surface area contributed by atoms with Crippen molar-refractivity contribution in [3.05, 3.63) is 17.6 Å². The van der Waals surface area contributed by atoms with E-state index in [1.165, 1.54) is 30.5 Å². The molecule has 4 nitrogen and oxygen atoms in total. The second kappa shape index (κ2) is 4.26. The van der Waals surface area contributed by atoms with Crippen LogP contribution in [0.2, 0.25) is 0 Å². The lowest BCUT2D eigenvalue weighted by molar-refractivity contribution is 0.265. The van der Waals surface area contributed by atoms with Gasteiger partial charge >= 0.3 is 0 Å². The van der Waals surface area contributed by atoms with Crippen LogP contribution in [0.5, 0.6) is 0 Å². The van der Waals surface area contributed by atoms with Crippen LogP contribution in [-0.2, 0) is 12.8 Å². The topological polar surface area (TPSA) is 63.8 Å². The molecule has 2 aliphatic rings. The summed E-state index contributed by atoms with van der Waals surface area (Å²) in [6.07, 6.45) is 9.92. The van der Waals surface area contributed by atoms with Crippen molar-refractivity contribution < 1.29 is 0 Å². The lowest BCUT2D eigenvalue weighted by Gasteiger charge is -2.38. The second-order valence-electron chi connectivity index (χ2n) is 5.42. The molecule has 0 bridgehead atoms. The molecule has 0 saturated heterocycles. The molecule has 0 aromatic carbocycles. The highest BCUT2D eigenvalue weighted by molar-refractivity contribution is 5.47. The number of nitrogens with one attached hydrogen (secondary N) is 1. The number of aryl methyl sites for hydroxylation is 1. The van der Waals surface area contributed by atoms with E-state index in [0.717, 1.165) is 38.0 Å². The Kier molecular flexibility index (Phi) is 2.74. The number of nitrogens with zero attached hydrogens (tertiary/aromatic N) is 2. The van der Waals surface area contributed by atoms with Crippen molar-refractivity contribution >= 4 is 5.82 Å². The highest BCUT2D eigenvalue weighted by Crippen LogP contribution is 2.30. The predicted molar refractivity (Wildman–Crippen MR) is 67.9 cm³/mol. The van der Waals surface area contributed by atoms with Gasteiger partial charge in [0.15, 0.2) is 0 Å². The summed E-state index contributed by atoms with van der Waals surface area (Å²) in [7, 11) is 0. The summed E-state index contributed by atoms with van der Waals surface area (Å²) in [6, 6.07) is 0. The van der Waals surface area contributed by atoms with Crippen LogP contribution in [0.4, 0.5) is 5.82 Å². The van der Waals surface area contributed by atoms with Crippen molar-refractivity contribution in [2.24, 2.45) is 5.73 Å². The number of aromatic nitrogens is 2. The Morgan fingerprint density at radius 2 is 2.00 bits per heavy atom. The molecule has 1 aromatic rings. The molecule has 0 unspecified atom stereocenters. The Hall–Kier alpha value is -1.16. The van der Waals surface area contributed by atoms with Crippen LogP contribution in [0.25, 0.3) is 0 Å². The Labute approximate surface area is 102 Å².